The lowest BCUT2D eigenvalue weighted by atomic mass is 9.97. The molecule has 1 aliphatic rings. The van der Waals surface area contributed by atoms with E-state index in [1.54, 1.807) is 19.2 Å². The number of carbonyl (C=O) groups excluding carboxylic acids is 2. The van der Waals surface area contributed by atoms with Crippen molar-refractivity contribution >= 4 is 41.8 Å². The van der Waals surface area contributed by atoms with E-state index in [0.29, 0.717) is 19.7 Å². The second-order valence-corrected chi connectivity index (χ2v) is 6.64. The number of nitrogens with one attached hydrogen (secondary N) is 2. The molecule has 1 heterocycles. The lowest BCUT2D eigenvalue weighted by Crippen LogP contribution is -2.48. The number of carbonyl (C=O) groups is 2. The molecule has 1 saturated heterocycles. The zero-order chi connectivity index (χ0) is 20.4. The Labute approximate surface area is 188 Å². The number of benzene rings is 1. The molecular weight excluding hydrogens is 490 g/mol. The van der Waals surface area contributed by atoms with Crippen LogP contribution in [0, 0.1) is 11.7 Å². The van der Waals surface area contributed by atoms with Crippen LogP contribution in [0.1, 0.15) is 25.3 Å². The topological polar surface area (TPSA) is 83.0 Å². The predicted octanol–water partition coefficient (Wildman–Crippen LogP) is 1.95. The Morgan fingerprint density at radius 3 is 2.38 bits per heavy atom. The van der Waals surface area contributed by atoms with E-state index in [1.807, 2.05) is 6.92 Å². The first-order valence-corrected chi connectivity index (χ1v) is 9.66. The molecule has 0 radical (unpaired) electrons. The molecule has 2 N–H and O–H groups in total. The summed E-state index contributed by atoms with van der Waals surface area (Å²) in [6.07, 6.45) is 1.71. The van der Waals surface area contributed by atoms with Gasteiger partial charge in [-0.3, -0.25) is 14.6 Å². The molecule has 0 unspecified atom stereocenters. The van der Waals surface area contributed by atoms with Crippen LogP contribution < -0.4 is 10.6 Å². The van der Waals surface area contributed by atoms with Crippen molar-refractivity contribution in [3.63, 3.8) is 0 Å². The van der Waals surface area contributed by atoms with Gasteiger partial charge in [0.25, 0.3) is 0 Å². The second-order valence-electron chi connectivity index (χ2n) is 6.64. The number of aliphatic imine (C=N–C) groups is 1. The number of halogens is 2. The summed E-state index contributed by atoms with van der Waals surface area (Å²) >= 11 is 0. The van der Waals surface area contributed by atoms with E-state index in [1.165, 1.54) is 12.1 Å². The van der Waals surface area contributed by atoms with E-state index in [9.17, 15) is 14.0 Å². The molecule has 9 heteroatoms. The minimum Gasteiger partial charge on any atom is -0.466 e. The summed E-state index contributed by atoms with van der Waals surface area (Å²) in [5.74, 6) is 0.175. The van der Waals surface area contributed by atoms with E-state index in [-0.39, 0.29) is 54.0 Å². The van der Waals surface area contributed by atoms with Gasteiger partial charge in [0.2, 0.25) is 5.91 Å². The first kappa shape index (κ1) is 25.1. The van der Waals surface area contributed by atoms with E-state index >= 15 is 0 Å². The molecule has 7 nitrogen and oxygen atoms in total. The molecule has 0 aromatic heterocycles. The fourth-order valence-electron chi connectivity index (χ4n) is 3.15. The van der Waals surface area contributed by atoms with Crippen molar-refractivity contribution < 1.29 is 18.7 Å². The molecule has 0 atom stereocenters. The molecule has 1 aliphatic heterocycles. The number of hydrogen-bond acceptors (Lipinski definition) is 4. The summed E-state index contributed by atoms with van der Waals surface area (Å²) < 4.78 is 18.0. The van der Waals surface area contributed by atoms with Gasteiger partial charge < -0.3 is 20.3 Å². The Morgan fingerprint density at radius 1 is 1.17 bits per heavy atom. The summed E-state index contributed by atoms with van der Waals surface area (Å²) in [6, 6.07) is 5.91. The number of hydrogen-bond donors (Lipinski definition) is 2. The monoisotopic (exact) mass is 520 g/mol. The molecule has 29 heavy (non-hydrogen) atoms. The summed E-state index contributed by atoms with van der Waals surface area (Å²) in [4.78, 5) is 30.2. The lowest BCUT2D eigenvalue weighted by molar-refractivity contribution is -0.149. The summed E-state index contributed by atoms with van der Waals surface area (Å²) in [5, 5.41) is 6.06. The molecular formula is C20H30FIN4O3. The normalized spacial score (nSPS) is 14.7. The average Bonchev–Trinajstić information content (AvgIpc) is 2.70. The summed E-state index contributed by atoms with van der Waals surface area (Å²) in [6.45, 7) is 4.70. The van der Waals surface area contributed by atoms with Gasteiger partial charge in [-0.05, 0) is 37.5 Å². The Kier molecular flexibility index (Phi) is 11.6. The molecule has 1 aromatic carbocycles. The van der Waals surface area contributed by atoms with Crippen LogP contribution in [-0.2, 0) is 20.7 Å². The number of amides is 1. The molecule has 2 rings (SSSR count). The summed E-state index contributed by atoms with van der Waals surface area (Å²) in [7, 11) is 1.72. The van der Waals surface area contributed by atoms with Gasteiger partial charge >= 0.3 is 5.97 Å². The fraction of sp³-hybridized carbons (Fsp3) is 0.550. The Bertz CT molecular complexity index is 677. The third-order valence-electron chi connectivity index (χ3n) is 4.63. The van der Waals surface area contributed by atoms with E-state index < -0.39 is 0 Å². The standard InChI is InChI=1S/C20H29FN4O3.HI/c1-3-28-19(27)16-8-12-25(13-9-16)20(22-2)24-11-10-23-18(26)14-15-4-6-17(21)7-5-15;/h4-7,16H,3,8-14H2,1-2H3,(H,22,24)(H,23,26);1H. The smallest absolute Gasteiger partial charge is 0.309 e. The minimum absolute atomic E-state index is 0. The molecule has 0 spiro atoms. The third-order valence-corrected chi connectivity index (χ3v) is 4.63. The highest BCUT2D eigenvalue weighted by Crippen LogP contribution is 2.18. The van der Waals surface area contributed by atoms with Crippen LogP contribution in [-0.4, -0.2) is 62.6 Å². The van der Waals surface area contributed by atoms with Crippen molar-refractivity contribution in [2.75, 3.05) is 39.8 Å². The molecule has 0 bridgehead atoms. The zero-order valence-electron chi connectivity index (χ0n) is 16.9. The molecule has 1 amide bonds. The Morgan fingerprint density at radius 2 is 1.79 bits per heavy atom. The van der Waals surface area contributed by atoms with Crippen molar-refractivity contribution in [1.82, 2.24) is 15.5 Å². The molecule has 0 aliphatic carbocycles. The number of guanidine groups is 1. The van der Waals surface area contributed by atoms with E-state index in [4.69, 9.17) is 4.74 Å². The molecule has 0 saturated carbocycles. The van der Waals surface area contributed by atoms with Gasteiger partial charge in [-0.15, -0.1) is 24.0 Å². The number of nitrogens with zero attached hydrogens (tertiary/aromatic N) is 2. The van der Waals surface area contributed by atoms with Crippen LogP contribution in [0.3, 0.4) is 0 Å². The van der Waals surface area contributed by atoms with Crippen molar-refractivity contribution in [3.8, 4) is 0 Å². The van der Waals surface area contributed by atoms with Crippen LogP contribution in [0.2, 0.25) is 0 Å². The number of likely N-dealkylation sites (tertiary alicyclic amines) is 1. The van der Waals surface area contributed by atoms with Crippen LogP contribution in [0.15, 0.2) is 29.3 Å². The maximum atomic E-state index is 12.9. The fourth-order valence-corrected chi connectivity index (χ4v) is 3.15. The first-order valence-electron chi connectivity index (χ1n) is 9.66. The average molecular weight is 520 g/mol. The minimum atomic E-state index is -0.314. The molecule has 1 aromatic rings. The first-order chi connectivity index (χ1) is 13.5. The second kappa shape index (κ2) is 13.3. The van der Waals surface area contributed by atoms with Crippen LogP contribution in [0.25, 0.3) is 0 Å². The van der Waals surface area contributed by atoms with Gasteiger partial charge in [0.05, 0.1) is 18.9 Å². The quantitative estimate of drug-likeness (QED) is 0.189. The highest BCUT2D eigenvalue weighted by Gasteiger charge is 2.27. The van der Waals surface area contributed by atoms with Gasteiger partial charge in [0.15, 0.2) is 5.96 Å². The van der Waals surface area contributed by atoms with Gasteiger partial charge in [-0.2, -0.15) is 0 Å². The van der Waals surface area contributed by atoms with E-state index in [0.717, 1.165) is 37.5 Å². The number of ether oxygens (including phenoxy) is 1. The SMILES string of the molecule is CCOC(=O)C1CCN(C(=NC)NCCNC(=O)Cc2ccc(F)cc2)CC1.I. The third kappa shape index (κ3) is 8.55. The van der Waals surface area contributed by atoms with Crippen molar-refractivity contribution in [2.24, 2.45) is 10.9 Å². The molecule has 162 valence electrons. The zero-order valence-corrected chi connectivity index (χ0v) is 19.3. The highest BCUT2D eigenvalue weighted by molar-refractivity contribution is 14.0. The molecule has 1 fully saturated rings. The maximum Gasteiger partial charge on any atom is 0.309 e. The van der Waals surface area contributed by atoms with Crippen molar-refractivity contribution in [2.45, 2.75) is 26.2 Å². The summed E-state index contributed by atoms with van der Waals surface area (Å²) in [5.41, 5.74) is 0.770. The van der Waals surface area contributed by atoms with Crippen LogP contribution >= 0.6 is 24.0 Å². The Balaban J connectivity index is 0.00000420. The number of esters is 1. The maximum absolute atomic E-state index is 12.9. The Hall–Kier alpha value is -1.91. The van der Waals surface area contributed by atoms with Crippen LogP contribution in [0.5, 0.6) is 0 Å². The van der Waals surface area contributed by atoms with Gasteiger partial charge in [0, 0.05) is 33.2 Å². The van der Waals surface area contributed by atoms with Crippen LogP contribution in [0.4, 0.5) is 4.39 Å². The predicted molar refractivity (Wildman–Crippen MR) is 121 cm³/mol. The van der Waals surface area contributed by atoms with Gasteiger partial charge in [-0.25, -0.2) is 4.39 Å². The number of piperidine rings is 1. The largest absolute Gasteiger partial charge is 0.466 e. The van der Waals surface area contributed by atoms with Gasteiger partial charge in [0.1, 0.15) is 5.82 Å². The van der Waals surface area contributed by atoms with Gasteiger partial charge in [-0.1, -0.05) is 12.1 Å². The van der Waals surface area contributed by atoms with E-state index in [2.05, 4.69) is 20.5 Å². The van der Waals surface area contributed by atoms with Crippen molar-refractivity contribution in [3.05, 3.63) is 35.6 Å². The lowest BCUT2D eigenvalue weighted by Gasteiger charge is -2.33. The van der Waals surface area contributed by atoms with Crippen molar-refractivity contribution in [1.29, 1.82) is 0 Å². The number of rotatable bonds is 7. The highest BCUT2D eigenvalue weighted by atomic mass is 127.